The van der Waals surface area contributed by atoms with E-state index in [9.17, 15) is 23.1 Å². The molecule has 0 fully saturated rings. The van der Waals surface area contributed by atoms with E-state index in [1.807, 2.05) is 0 Å². The van der Waals surface area contributed by atoms with Gasteiger partial charge in [0.15, 0.2) is 0 Å². The summed E-state index contributed by atoms with van der Waals surface area (Å²) in [5.41, 5.74) is -3.35. The van der Waals surface area contributed by atoms with Crippen molar-refractivity contribution in [2.75, 3.05) is 5.75 Å². The summed E-state index contributed by atoms with van der Waals surface area (Å²) >= 11 is 0. The van der Waals surface area contributed by atoms with Gasteiger partial charge in [-0.05, 0) is 6.92 Å². The summed E-state index contributed by atoms with van der Waals surface area (Å²) < 4.78 is 29.1. The molecule has 0 bridgehead atoms. The highest BCUT2D eigenvalue weighted by atomic mass is 32.2. The normalized spacial score (nSPS) is 17.9. The number of hydrogen-bond donors (Lipinski definition) is 4. The minimum absolute atomic E-state index is 0.861. The van der Waals surface area contributed by atoms with Gasteiger partial charge in [-0.15, -0.1) is 0 Å². The fraction of sp³-hybridized carbons (Fsp3) is 0.667. The van der Waals surface area contributed by atoms with Gasteiger partial charge in [0, 0.05) is 0 Å². The van der Waals surface area contributed by atoms with Crippen LogP contribution in [0.2, 0.25) is 0 Å². The van der Waals surface area contributed by atoms with Crippen molar-refractivity contribution in [3.05, 3.63) is 0 Å². The zero-order chi connectivity index (χ0) is 12.4. The number of hydrogen-bond acceptors (Lipinski definition) is 6. The van der Waals surface area contributed by atoms with E-state index in [0.29, 0.717) is 0 Å². The lowest BCUT2D eigenvalue weighted by molar-refractivity contribution is -0.166. The Morgan fingerprint density at radius 1 is 1.40 bits per heavy atom. The first-order chi connectivity index (χ1) is 6.50. The molecule has 0 heterocycles. The molecular formula is C6H10O8S. The summed E-state index contributed by atoms with van der Waals surface area (Å²) in [7, 11) is -4.87. The molecule has 0 aliphatic heterocycles. The van der Waals surface area contributed by atoms with Crippen LogP contribution in [0.25, 0.3) is 0 Å². The van der Waals surface area contributed by atoms with Crippen LogP contribution < -0.4 is 0 Å². The average molecular weight is 242 g/mol. The second-order valence-corrected chi connectivity index (χ2v) is 4.38. The van der Waals surface area contributed by atoms with E-state index in [1.54, 1.807) is 0 Å². The fourth-order valence-corrected chi connectivity index (χ4v) is 1.64. The number of carboxylic acid groups (broad SMARTS) is 1. The number of aliphatic carboxylic acids is 1. The number of aliphatic hydroxyl groups is 2. The minimum Gasteiger partial charge on any atom is -0.479 e. The number of carboxylic acids is 1. The second-order valence-electron chi connectivity index (χ2n) is 2.93. The Morgan fingerprint density at radius 2 is 1.80 bits per heavy atom. The van der Waals surface area contributed by atoms with E-state index in [-0.39, 0.29) is 0 Å². The van der Waals surface area contributed by atoms with E-state index in [0.717, 1.165) is 6.92 Å². The Morgan fingerprint density at radius 3 is 2.00 bits per heavy atom. The zero-order valence-electron chi connectivity index (χ0n) is 7.61. The first-order valence-corrected chi connectivity index (χ1v) is 5.25. The quantitative estimate of drug-likeness (QED) is 0.309. The first-order valence-electron chi connectivity index (χ1n) is 3.64. The number of ketones is 1. The summed E-state index contributed by atoms with van der Waals surface area (Å²) in [6.07, 6.45) is -1.87. The van der Waals surface area contributed by atoms with Gasteiger partial charge in [0.1, 0.15) is 11.9 Å². The second kappa shape index (κ2) is 4.23. The van der Waals surface area contributed by atoms with Crippen LogP contribution in [0, 0.1) is 0 Å². The highest BCUT2D eigenvalue weighted by Crippen LogP contribution is 2.12. The third-order valence-electron chi connectivity index (χ3n) is 1.53. The Bertz CT molecular complexity index is 369. The molecule has 0 saturated heterocycles. The maximum atomic E-state index is 11.0. The molecular weight excluding hydrogens is 232 g/mol. The molecule has 0 aliphatic rings. The molecule has 9 heteroatoms. The Hall–Kier alpha value is -1.03. The van der Waals surface area contributed by atoms with Crippen LogP contribution in [0.3, 0.4) is 0 Å². The van der Waals surface area contributed by atoms with Gasteiger partial charge in [-0.1, -0.05) is 0 Å². The molecule has 15 heavy (non-hydrogen) atoms. The predicted octanol–water partition coefficient (Wildman–Crippen LogP) is -2.36. The van der Waals surface area contributed by atoms with Gasteiger partial charge in [-0.2, -0.15) is 8.42 Å². The van der Waals surface area contributed by atoms with Crippen molar-refractivity contribution in [2.45, 2.75) is 18.6 Å². The van der Waals surface area contributed by atoms with Crippen molar-refractivity contribution in [3.63, 3.8) is 0 Å². The third kappa shape index (κ3) is 3.55. The molecule has 88 valence electrons. The first kappa shape index (κ1) is 14.0. The van der Waals surface area contributed by atoms with E-state index in [2.05, 4.69) is 0 Å². The summed E-state index contributed by atoms with van der Waals surface area (Å²) in [6.45, 7) is 0.861. The molecule has 0 amide bonds. The van der Waals surface area contributed by atoms with Crippen molar-refractivity contribution >= 4 is 21.9 Å². The molecule has 8 nitrogen and oxygen atoms in total. The van der Waals surface area contributed by atoms with E-state index < -0.39 is 39.3 Å². The van der Waals surface area contributed by atoms with E-state index >= 15 is 0 Å². The highest BCUT2D eigenvalue weighted by Gasteiger charge is 2.49. The Kier molecular flexibility index (Phi) is 3.94. The lowest BCUT2D eigenvalue weighted by atomic mass is 9.97. The average Bonchev–Trinajstić information content (AvgIpc) is 1.99. The molecule has 0 rings (SSSR count). The van der Waals surface area contributed by atoms with Gasteiger partial charge in [0.05, 0.1) is 0 Å². The van der Waals surface area contributed by atoms with Crippen LogP contribution in [0.15, 0.2) is 0 Å². The van der Waals surface area contributed by atoms with Gasteiger partial charge in [-0.3, -0.25) is 9.35 Å². The van der Waals surface area contributed by atoms with Crippen LogP contribution in [-0.2, 0) is 19.7 Å². The number of carbonyl (C=O) groups excluding carboxylic acids is 1. The summed E-state index contributed by atoms with van der Waals surface area (Å²) in [5, 5.41) is 26.4. The molecule has 0 aromatic heterocycles. The number of aliphatic hydroxyl groups excluding tert-OH is 1. The van der Waals surface area contributed by atoms with Crippen LogP contribution in [0.1, 0.15) is 6.92 Å². The lowest BCUT2D eigenvalue weighted by Gasteiger charge is -2.21. The molecule has 0 spiro atoms. The van der Waals surface area contributed by atoms with Crippen molar-refractivity contribution in [2.24, 2.45) is 0 Å². The van der Waals surface area contributed by atoms with E-state index in [1.165, 1.54) is 0 Å². The number of rotatable bonds is 5. The predicted molar refractivity (Wildman–Crippen MR) is 45.7 cm³/mol. The van der Waals surface area contributed by atoms with Crippen LogP contribution in [-0.4, -0.2) is 57.5 Å². The highest BCUT2D eigenvalue weighted by molar-refractivity contribution is 7.85. The van der Waals surface area contributed by atoms with Gasteiger partial charge >= 0.3 is 5.97 Å². The van der Waals surface area contributed by atoms with Gasteiger partial charge in [0.25, 0.3) is 10.1 Å². The van der Waals surface area contributed by atoms with Gasteiger partial charge < -0.3 is 15.3 Å². The molecule has 0 saturated carbocycles. The summed E-state index contributed by atoms with van der Waals surface area (Å²) in [4.78, 5) is 21.5. The lowest BCUT2D eigenvalue weighted by Crippen LogP contribution is -2.55. The van der Waals surface area contributed by atoms with Gasteiger partial charge in [0.2, 0.25) is 11.4 Å². The molecule has 0 aliphatic carbocycles. The topological polar surface area (TPSA) is 149 Å². The third-order valence-corrected chi connectivity index (χ3v) is 2.31. The van der Waals surface area contributed by atoms with Crippen LogP contribution in [0.4, 0.5) is 0 Å². The SMILES string of the molecule is CC(O)C(=O)C(O)(CS(=O)(=O)O)C(=O)O. The van der Waals surface area contributed by atoms with Crippen molar-refractivity contribution in [1.29, 1.82) is 0 Å². The summed E-state index contributed by atoms with van der Waals surface area (Å²) in [6, 6.07) is 0. The number of carbonyl (C=O) groups is 2. The molecule has 2 atom stereocenters. The molecule has 4 N–H and O–H groups in total. The van der Waals surface area contributed by atoms with Gasteiger partial charge in [-0.25, -0.2) is 4.79 Å². The maximum absolute atomic E-state index is 11.0. The monoisotopic (exact) mass is 242 g/mol. The molecule has 0 radical (unpaired) electrons. The van der Waals surface area contributed by atoms with Crippen LogP contribution >= 0.6 is 0 Å². The molecule has 0 aromatic carbocycles. The van der Waals surface area contributed by atoms with E-state index in [4.69, 9.17) is 14.8 Å². The van der Waals surface area contributed by atoms with Crippen molar-refractivity contribution in [1.82, 2.24) is 0 Å². The Balaban J connectivity index is 5.27. The molecule has 2 unspecified atom stereocenters. The molecule has 0 aromatic rings. The standard InChI is InChI=1S/C6H10O8S/c1-3(7)4(8)6(11,5(9)10)2-15(12,13)14/h3,7,11H,2H2,1H3,(H,9,10)(H,12,13,14). The zero-order valence-corrected chi connectivity index (χ0v) is 8.43. The van der Waals surface area contributed by atoms with Crippen molar-refractivity contribution in [3.8, 4) is 0 Å². The number of Topliss-reactive ketones (excluding diaryl/α,β-unsaturated/α-hetero) is 1. The largest absolute Gasteiger partial charge is 0.479 e. The smallest absolute Gasteiger partial charge is 0.344 e. The Labute approximate surface area is 84.9 Å². The summed E-state index contributed by atoms with van der Waals surface area (Å²) in [5.74, 6) is -5.49. The minimum atomic E-state index is -4.87. The van der Waals surface area contributed by atoms with Crippen LogP contribution in [0.5, 0.6) is 0 Å². The maximum Gasteiger partial charge on any atom is 0.344 e. The van der Waals surface area contributed by atoms with Crippen molar-refractivity contribution < 1.29 is 37.9 Å². The fourth-order valence-electron chi connectivity index (χ4n) is 0.848.